The van der Waals surface area contributed by atoms with E-state index in [1.807, 2.05) is 6.92 Å². The second-order valence-corrected chi connectivity index (χ2v) is 10.1. The van der Waals surface area contributed by atoms with Gasteiger partial charge in [0.2, 0.25) is 11.8 Å². The topological polar surface area (TPSA) is 108 Å². The summed E-state index contributed by atoms with van der Waals surface area (Å²) >= 11 is 4.29. The number of hydrogen-bond acceptors (Lipinski definition) is 6. The monoisotopic (exact) mass is 509 g/mol. The number of phenols is 1. The number of carbonyl (C=O) groups is 3. The van der Waals surface area contributed by atoms with E-state index in [1.165, 1.54) is 11.0 Å². The number of phenolic OH excluding ortho intramolecular Hbond substituents is 1. The number of aryl methyl sites for hydroxylation is 1. The molecule has 2 unspecified atom stereocenters. The third kappa shape index (κ3) is 10.4. The fourth-order valence-electron chi connectivity index (χ4n) is 3.54. The molecule has 35 heavy (non-hydrogen) atoms. The molecular formula is C26H43N3O5S. The predicted octanol–water partition coefficient (Wildman–Crippen LogP) is 4.50. The van der Waals surface area contributed by atoms with Crippen LogP contribution in [0, 0.1) is 6.92 Å². The number of nitrogens with one attached hydrogen (secondary N) is 2. The van der Waals surface area contributed by atoms with Crippen LogP contribution in [0.3, 0.4) is 0 Å². The van der Waals surface area contributed by atoms with Crippen LogP contribution in [0.4, 0.5) is 4.79 Å². The van der Waals surface area contributed by atoms with Crippen molar-refractivity contribution in [1.29, 1.82) is 0 Å². The van der Waals surface area contributed by atoms with Gasteiger partial charge in [-0.2, -0.15) is 12.6 Å². The predicted molar refractivity (Wildman–Crippen MR) is 142 cm³/mol. The number of ether oxygens (including phenoxy) is 1. The zero-order valence-electron chi connectivity index (χ0n) is 22.0. The summed E-state index contributed by atoms with van der Waals surface area (Å²) in [5.41, 5.74) is 0.473. The van der Waals surface area contributed by atoms with Crippen molar-refractivity contribution in [2.75, 3.05) is 18.8 Å². The maximum atomic E-state index is 13.7. The fraction of sp³-hybridized carbons (Fsp3) is 0.654. The highest BCUT2D eigenvalue weighted by Crippen LogP contribution is 2.27. The van der Waals surface area contributed by atoms with E-state index in [2.05, 4.69) is 30.2 Å². The molecule has 0 spiro atoms. The van der Waals surface area contributed by atoms with Gasteiger partial charge in [0.05, 0.1) is 0 Å². The summed E-state index contributed by atoms with van der Waals surface area (Å²) in [6.45, 7) is 11.9. The Morgan fingerprint density at radius 2 is 1.77 bits per heavy atom. The van der Waals surface area contributed by atoms with Crippen molar-refractivity contribution in [2.24, 2.45) is 0 Å². The van der Waals surface area contributed by atoms with Gasteiger partial charge in [0.15, 0.2) is 0 Å². The molecule has 1 rings (SSSR count). The first-order valence-corrected chi connectivity index (χ1v) is 13.1. The van der Waals surface area contributed by atoms with Gasteiger partial charge in [0, 0.05) is 18.8 Å². The Morgan fingerprint density at radius 1 is 1.11 bits per heavy atom. The molecule has 9 heteroatoms. The van der Waals surface area contributed by atoms with Crippen molar-refractivity contribution >= 4 is 30.5 Å². The third-order valence-electron chi connectivity index (χ3n) is 5.38. The summed E-state index contributed by atoms with van der Waals surface area (Å²) in [7, 11) is 0. The van der Waals surface area contributed by atoms with E-state index in [9.17, 15) is 19.5 Å². The molecule has 0 heterocycles. The van der Waals surface area contributed by atoms with Gasteiger partial charge in [0.25, 0.3) is 0 Å². The maximum absolute atomic E-state index is 13.7. The molecule has 198 valence electrons. The minimum Gasteiger partial charge on any atom is -0.508 e. The van der Waals surface area contributed by atoms with E-state index in [1.54, 1.807) is 39.8 Å². The van der Waals surface area contributed by atoms with E-state index >= 15 is 0 Å². The summed E-state index contributed by atoms with van der Waals surface area (Å²) in [5.74, 6) is -0.563. The Kier molecular flexibility index (Phi) is 13.0. The minimum atomic E-state index is -0.973. The second kappa shape index (κ2) is 14.9. The van der Waals surface area contributed by atoms with Crippen LogP contribution in [0.25, 0.3) is 0 Å². The Hall–Kier alpha value is -2.42. The minimum absolute atomic E-state index is 0.0418. The molecule has 0 bridgehead atoms. The quantitative estimate of drug-likeness (QED) is 0.231. The van der Waals surface area contributed by atoms with Gasteiger partial charge < -0.3 is 25.4 Å². The molecule has 1 aromatic rings. The smallest absolute Gasteiger partial charge is 0.408 e. The molecule has 0 saturated carbocycles. The largest absolute Gasteiger partial charge is 0.508 e. The van der Waals surface area contributed by atoms with Crippen LogP contribution in [0.1, 0.15) is 83.9 Å². The van der Waals surface area contributed by atoms with Crippen molar-refractivity contribution < 1.29 is 24.2 Å². The van der Waals surface area contributed by atoms with Crippen molar-refractivity contribution in [1.82, 2.24) is 15.5 Å². The first-order valence-electron chi connectivity index (χ1n) is 12.4. The van der Waals surface area contributed by atoms with Crippen molar-refractivity contribution in [2.45, 2.75) is 91.3 Å². The lowest BCUT2D eigenvalue weighted by Gasteiger charge is -2.34. The SMILES string of the molecule is CCCCCNC(=O)C(c1ccc(O)c(C)c1)N(CCCC)C(=O)C(CS)NC(=O)OC(C)(C)C. The van der Waals surface area contributed by atoms with Gasteiger partial charge in [-0.15, -0.1) is 0 Å². The average molecular weight is 510 g/mol. The summed E-state index contributed by atoms with van der Waals surface area (Å²) in [6.07, 6.45) is 3.62. The van der Waals surface area contributed by atoms with Crippen LogP contribution in [0.5, 0.6) is 5.75 Å². The molecule has 1 aromatic carbocycles. The van der Waals surface area contributed by atoms with Gasteiger partial charge in [-0.1, -0.05) is 39.2 Å². The molecule has 0 aromatic heterocycles. The third-order valence-corrected chi connectivity index (χ3v) is 5.75. The number of hydrogen-bond donors (Lipinski definition) is 4. The number of carbonyl (C=O) groups excluding carboxylic acids is 3. The molecule has 0 aliphatic rings. The fourth-order valence-corrected chi connectivity index (χ4v) is 3.78. The Bertz CT molecular complexity index is 841. The molecular weight excluding hydrogens is 466 g/mol. The van der Waals surface area contributed by atoms with Gasteiger partial charge in [0.1, 0.15) is 23.4 Å². The lowest BCUT2D eigenvalue weighted by molar-refractivity contribution is -0.142. The number of unbranched alkanes of at least 4 members (excludes halogenated alkanes) is 3. The standard InChI is InChI=1S/C26H43N3O5S/c1-7-9-11-14-27-23(31)22(19-12-13-21(30)18(3)16-19)29(15-10-8-2)24(32)20(17-35)28-25(33)34-26(4,5)6/h12-13,16,20,22,30,35H,7-11,14-15,17H2,1-6H3,(H,27,31)(H,28,33). The highest BCUT2D eigenvalue weighted by atomic mass is 32.1. The number of alkyl carbamates (subject to hydrolysis) is 1. The Labute approximate surface area is 215 Å². The summed E-state index contributed by atoms with van der Waals surface area (Å²) in [4.78, 5) is 41.0. The summed E-state index contributed by atoms with van der Waals surface area (Å²) < 4.78 is 5.32. The average Bonchev–Trinajstić information content (AvgIpc) is 2.78. The number of thiol groups is 1. The van der Waals surface area contributed by atoms with Crippen LogP contribution in [-0.2, 0) is 14.3 Å². The maximum Gasteiger partial charge on any atom is 0.408 e. The molecule has 0 aliphatic heterocycles. The number of benzene rings is 1. The lowest BCUT2D eigenvalue weighted by atomic mass is 10.00. The first-order chi connectivity index (χ1) is 16.4. The highest BCUT2D eigenvalue weighted by Gasteiger charge is 2.35. The normalized spacial score (nSPS) is 13.0. The van der Waals surface area contributed by atoms with E-state index < -0.39 is 29.7 Å². The van der Waals surface area contributed by atoms with E-state index in [4.69, 9.17) is 4.74 Å². The summed E-state index contributed by atoms with van der Waals surface area (Å²) in [5, 5.41) is 15.6. The second-order valence-electron chi connectivity index (χ2n) is 9.71. The Balaban J connectivity index is 3.34. The molecule has 0 fully saturated rings. The molecule has 0 saturated heterocycles. The number of aromatic hydroxyl groups is 1. The number of amides is 3. The molecule has 2 atom stereocenters. The number of rotatable bonds is 13. The van der Waals surface area contributed by atoms with E-state index in [-0.39, 0.29) is 17.4 Å². The lowest BCUT2D eigenvalue weighted by Crippen LogP contribution is -2.54. The van der Waals surface area contributed by atoms with Crippen LogP contribution in [-0.4, -0.2) is 58.4 Å². The van der Waals surface area contributed by atoms with Crippen LogP contribution in [0.2, 0.25) is 0 Å². The Morgan fingerprint density at radius 3 is 2.31 bits per heavy atom. The molecule has 3 amide bonds. The number of nitrogens with zero attached hydrogens (tertiary/aromatic N) is 1. The zero-order chi connectivity index (χ0) is 26.6. The van der Waals surface area contributed by atoms with Gasteiger partial charge >= 0.3 is 6.09 Å². The first kappa shape index (κ1) is 30.6. The molecule has 0 radical (unpaired) electrons. The van der Waals surface area contributed by atoms with Gasteiger partial charge in [-0.05, 0) is 63.8 Å². The summed E-state index contributed by atoms with van der Waals surface area (Å²) in [6, 6.07) is 3.01. The molecule has 8 nitrogen and oxygen atoms in total. The van der Waals surface area contributed by atoms with Crippen molar-refractivity contribution in [3.8, 4) is 5.75 Å². The van der Waals surface area contributed by atoms with Crippen molar-refractivity contribution in [3.63, 3.8) is 0 Å². The van der Waals surface area contributed by atoms with E-state index in [0.717, 1.165) is 25.7 Å². The van der Waals surface area contributed by atoms with E-state index in [0.29, 0.717) is 30.6 Å². The van der Waals surface area contributed by atoms with Gasteiger partial charge in [-0.25, -0.2) is 4.79 Å². The zero-order valence-corrected chi connectivity index (χ0v) is 22.9. The highest BCUT2D eigenvalue weighted by molar-refractivity contribution is 7.80. The van der Waals surface area contributed by atoms with Gasteiger partial charge in [-0.3, -0.25) is 9.59 Å². The van der Waals surface area contributed by atoms with Crippen LogP contribution in [0.15, 0.2) is 18.2 Å². The van der Waals surface area contributed by atoms with Crippen LogP contribution < -0.4 is 10.6 Å². The van der Waals surface area contributed by atoms with Crippen molar-refractivity contribution in [3.05, 3.63) is 29.3 Å². The van der Waals surface area contributed by atoms with Crippen LogP contribution >= 0.6 is 12.6 Å². The molecule has 3 N–H and O–H groups in total. The molecule has 0 aliphatic carbocycles.